The molecule has 2 N–H and O–H groups in total. The van der Waals surface area contributed by atoms with Crippen molar-refractivity contribution in [2.45, 2.75) is 19.8 Å². The molecule has 0 aromatic heterocycles. The third-order valence-electron chi connectivity index (χ3n) is 2.66. The smallest absolute Gasteiger partial charge is 0.329 e. The minimum atomic E-state index is -1.35. The van der Waals surface area contributed by atoms with Crippen LogP contribution in [-0.4, -0.2) is 37.1 Å². The van der Waals surface area contributed by atoms with E-state index in [0.717, 1.165) is 12.8 Å². The number of rotatable bonds is 8. The molecule has 2 amide bonds. The quantitative estimate of drug-likeness (QED) is 0.281. The standard InChI is InChI=1S/C15H19N3O5/c1-2-3-8-16-14(21)15(22)18-17-9-11-6-4-5-7-12(11)23-10-13(19)20/h4-7,9H,2-3,8,10H2,1H3,(H,16,21)(H,18,22)(H,19,20)/p-1/b17-9-. The number of hydrazone groups is 1. The van der Waals surface area contributed by atoms with E-state index in [1.54, 1.807) is 24.3 Å². The molecule has 1 aromatic carbocycles. The van der Waals surface area contributed by atoms with Crippen molar-refractivity contribution in [3.05, 3.63) is 29.8 Å². The van der Waals surface area contributed by atoms with Crippen LogP contribution >= 0.6 is 0 Å². The molecule has 0 atom stereocenters. The van der Waals surface area contributed by atoms with E-state index in [2.05, 4.69) is 15.8 Å². The third-order valence-corrected chi connectivity index (χ3v) is 2.66. The van der Waals surface area contributed by atoms with Crippen LogP contribution in [0.25, 0.3) is 0 Å². The topological polar surface area (TPSA) is 120 Å². The first kappa shape index (κ1) is 18.1. The molecule has 0 aliphatic rings. The van der Waals surface area contributed by atoms with Gasteiger partial charge in [-0.25, -0.2) is 5.43 Å². The second-order valence-corrected chi connectivity index (χ2v) is 4.51. The monoisotopic (exact) mass is 320 g/mol. The van der Waals surface area contributed by atoms with Crippen molar-refractivity contribution in [2.75, 3.05) is 13.2 Å². The van der Waals surface area contributed by atoms with Crippen LogP contribution in [0, 0.1) is 0 Å². The summed E-state index contributed by atoms with van der Waals surface area (Å²) in [4.78, 5) is 33.3. The van der Waals surface area contributed by atoms with Gasteiger partial charge in [0.15, 0.2) is 0 Å². The third kappa shape index (κ3) is 7.07. The summed E-state index contributed by atoms with van der Waals surface area (Å²) >= 11 is 0. The van der Waals surface area contributed by atoms with Gasteiger partial charge in [-0.1, -0.05) is 25.5 Å². The fraction of sp³-hybridized carbons (Fsp3) is 0.333. The summed E-state index contributed by atoms with van der Waals surface area (Å²) < 4.78 is 5.02. The number of ether oxygens (including phenoxy) is 1. The molecule has 124 valence electrons. The largest absolute Gasteiger partial charge is 0.546 e. The van der Waals surface area contributed by atoms with Crippen LogP contribution in [0.5, 0.6) is 5.75 Å². The van der Waals surface area contributed by atoms with Crippen molar-refractivity contribution in [3.63, 3.8) is 0 Å². The van der Waals surface area contributed by atoms with Crippen molar-refractivity contribution in [1.82, 2.24) is 10.7 Å². The van der Waals surface area contributed by atoms with E-state index >= 15 is 0 Å². The summed E-state index contributed by atoms with van der Waals surface area (Å²) in [7, 11) is 0. The van der Waals surface area contributed by atoms with Gasteiger partial charge in [0.1, 0.15) is 12.4 Å². The lowest BCUT2D eigenvalue weighted by molar-refractivity contribution is -0.307. The summed E-state index contributed by atoms with van der Waals surface area (Å²) in [6.07, 6.45) is 2.94. The Morgan fingerprint density at radius 1 is 1.26 bits per heavy atom. The minimum Gasteiger partial charge on any atom is -0.546 e. The van der Waals surface area contributed by atoms with Crippen molar-refractivity contribution in [3.8, 4) is 5.75 Å². The number of carbonyl (C=O) groups excluding carboxylic acids is 3. The Balaban J connectivity index is 2.55. The molecule has 0 saturated carbocycles. The first-order valence-electron chi connectivity index (χ1n) is 7.07. The maximum absolute atomic E-state index is 11.5. The average Bonchev–Trinajstić information content (AvgIpc) is 2.53. The summed E-state index contributed by atoms with van der Waals surface area (Å²) in [5.74, 6) is -2.74. The van der Waals surface area contributed by atoms with E-state index in [1.807, 2.05) is 6.92 Å². The molecule has 0 aliphatic carbocycles. The maximum Gasteiger partial charge on any atom is 0.329 e. The van der Waals surface area contributed by atoms with Crippen LogP contribution in [0.15, 0.2) is 29.4 Å². The lowest BCUT2D eigenvalue weighted by atomic mass is 10.2. The highest BCUT2D eigenvalue weighted by molar-refractivity contribution is 6.35. The van der Waals surface area contributed by atoms with Crippen LogP contribution in [0.2, 0.25) is 0 Å². The first-order valence-corrected chi connectivity index (χ1v) is 7.07. The van der Waals surface area contributed by atoms with Gasteiger partial charge in [0.2, 0.25) is 0 Å². The van der Waals surface area contributed by atoms with Crippen molar-refractivity contribution in [2.24, 2.45) is 5.10 Å². The summed E-state index contributed by atoms with van der Waals surface area (Å²) in [5.41, 5.74) is 2.53. The number of benzene rings is 1. The Kier molecular flexibility index (Phi) is 7.84. The summed E-state index contributed by atoms with van der Waals surface area (Å²) in [6, 6.07) is 6.50. The zero-order chi connectivity index (χ0) is 17.1. The van der Waals surface area contributed by atoms with Gasteiger partial charge in [-0.2, -0.15) is 5.10 Å². The van der Waals surface area contributed by atoms with Crippen LogP contribution in [-0.2, 0) is 14.4 Å². The molecule has 23 heavy (non-hydrogen) atoms. The number of unbranched alkanes of at least 4 members (excludes halogenated alkanes) is 1. The molecule has 8 heteroatoms. The Labute approximate surface area is 133 Å². The number of carboxylic acid groups (broad SMARTS) is 1. The van der Waals surface area contributed by atoms with E-state index in [1.165, 1.54) is 6.21 Å². The average molecular weight is 320 g/mol. The minimum absolute atomic E-state index is 0.266. The number of nitrogens with one attached hydrogen (secondary N) is 2. The highest BCUT2D eigenvalue weighted by Gasteiger charge is 2.11. The molecule has 0 bridgehead atoms. The van der Waals surface area contributed by atoms with Gasteiger partial charge in [-0.15, -0.1) is 0 Å². The molecule has 0 heterocycles. The Morgan fingerprint density at radius 2 is 2.00 bits per heavy atom. The number of carbonyl (C=O) groups is 3. The zero-order valence-corrected chi connectivity index (χ0v) is 12.7. The van der Waals surface area contributed by atoms with Gasteiger partial charge < -0.3 is 20.0 Å². The van der Waals surface area contributed by atoms with Crippen LogP contribution in [0.1, 0.15) is 25.3 Å². The van der Waals surface area contributed by atoms with Crippen LogP contribution in [0.3, 0.4) is 0 Å². The van der Waals surface area contributed by atoms with E-state index in [4.69, 9.17) is 4.74 Å². The maximum atomic E-state index is 11.5. The number of hydrogen-bond acceptors (Lipinski definition) is 6. The number of hydrogen-bond donors (Lipinski definition) is 2. The lowest BCUT2D eigenvalue weighted by Gasteiger charge is -2.09. The van der Waals surface area contributed by atoms with Gasteiger partial charge >= 0.3 is 11.8 Å². The molecule has 0 radical (unpaired) electrons. The van der Waals surface area contributed by atoms with E-state index in [-0.39, 0.29) is 5.75 Å². The number of aliphatic carboxylic acids is 1. The molecule has 0 fully saturated rings. The fourth-order valence-electron chi connectivity index (χ4n) is 1.53. The number of carboxylic acids is 1. The molecule has 0 aliphatic heterocycles. The fourth-order valence-corrected chi connectivity index (χ4v) is 1.53. The zero-order valence-electron chi connectivity index (χ0n) is 12.7. The first-order chi connectivity index (χ1) is 11.0. The Bertz CT molecular complexity index is 586. The van der Waals surface area contributed by atoms with Crippen molar-refractivity contribution >= 4 is 24.0 Å². The predicted molar refractivity (Wildman–Crippen MR) is 80.6 cm³/mol. The second kappa shape index (κ2) is 9.93. The Hall–Kier alpha value is -2.90. The van der Waals surface area contributed by atoms with Crippen LogP contribution in [0.4, 0.5) is 0 Å². The SMILES string of the molecule is CCCCNC(=O)C(=O)N/N=C\c1ccccc1OCC(=O)[O-]. The predicted octanol–water partition coefficient (Wildman–Crippen LogP) is -0.818. The molecule has 0 spiro atoms. The van der Waals surface area contributed by atoms with Gasteiger partial charge in [-0.05, 0) is 18.6 Å². The highest BCUT2D eigenvalue weighted by atomic mass is 16.5. The second-order valence-electron chi connectivity index (χ2n) is 4.51. The van der Waals surface area contributed by atoms with Crippen molar-refractivity contribution in [1.29, 1.82) is 0 Å². The number of amides is 2. The molecule has 1 aromatic rings. The van der Waals surface area contributed by atoms with E-state index < -0.39 is 24.4 Å². The molecule has 0 unspecified atom stereocenters. The number of para-hydroxylation sites is 1. The van der Waals surface area contributed by atoms with Gasteiger partial charge in [0.25, 0.3) is 0 Å². The van der Waals surface area contributed by atoms with Gasteiger partial charge in [0, 0.05) is 12.1 Å². The molecule has 1 rings (SSSR count). The molecule has 8 nitrogen and oxygen atoms in total. The van der Waals surface area contributed by atoms with E-state index in [9.17, 15) is 19.5 Å². The molecule has 0 saturated heterocycles. The summed E-state index contributed by atoms with van der Waals surface area (Å²) in [5, 5.41) is 16.5. The number of nitrogens with zero attached hydrogens (tertiary/aromatic N) is 1. The van der Waals surface area contributed by atoms with E-state index in [0.29, 0.717) is 12.1 Å². The highest BCUT2D eigenvalue weighted by Crippen LogP contribution is 2.15. The Morgan fingerprint density at radius 3 is 2.70 bits per heavy atom. The van der Waals surface area contributed by atoms with Crippen molar-refractivity contribution < 1.29 is 24.2 Å². The lowest BCUT2D eigenvalue weighted by Crippen LogP contribution is -2.38. The van der Waals surface area contributed by atoms with Gasteiger partial charge in [0.05, 0.1) is 12.2 Å². The summed E-state index contributed by atoms with van der Waals surface area (Å²) in [6.45, 7) is 1.79. The molecular weight excluding hydrogens is 302 g/mol. The van der Waals surface area contributed by atoms with Gasteiger partial charge in [-0.3, -0.25) is 9.59 Å². The van der Waals surface area contributed by atoms with Crippen LogP contribution < -0.4 is 20.6 Å². The molecular formula is C15H18N3O5-. The normalized spacial score (nSPS) is 10.3.